The summed E-state index contributed by atoms with van der Waals surface area (Å²) in [4.78, 5) is 2.37. The molecule has 0 spiro atoms. The molecule has 0 radical (unpaired) electrons. The molecule has 2 unspecified atom stereocenters. The molecule has 2 N–H and O–H groups in total. The number of anilines is 2. The Labute approximate surface area is 107 Å². The molecule has 1 aliphatic rings. The van der Waals surface area contributed by atoms with Crippen molar-refractivity contribution in [2.75, 3.05) is 30.3 Å². The molecule has 4 nitrogen and oxygen atoms in total. The van der Waals surface area contributed by atoms with Gasteiger partial charge in [-0.15, -0.1) is 0 Å². The van der Waals surface area contributed by atoms with Crippen LogP contribution in [0.1, 0.15) is 27.2 Å². The maximum atomic E-state index is 5.85. The second-order valence-electron chi connectivity index (χ2n) is 4.99. The summed E-state index contributed by atoms with van der Waals surface area (Å²) >= 11 is 1.45. The Hall–Kier alpha value is -0.970. The van der Waals surface area contributed by atoms with Gasteiger partial charge in [0.25, 0.3) is 0 Å². The second-order valence-corrected chi connectivity index (χ2v) is 5.74. The van der Waals surface area contributed by atoms with Crippen LogP contribution in [-0.4, -0.2) is 24.1 Å². The van der Waals surface area contributed by atoms with Crippen LogP contribution in [0, 0.1) is 11.8 Å². The van der Waals surface area contributed by atoms with E-state index in [9.17, 15) is 0 Å². The fraction of sp³-hybridized carbons (Fsp3) is 0.750. The molecular weight excluding hydrogens is 234 g/mol. The minimum Gasteiger partial charge on any atom is -0.487 e. The van der Waals surface area contributed by atoms with Crippen molar-refractivity contribution in [3.63, 3.8) is 0 Å². The van der Waals surface area contributed by atoms with Gasteiger partial charge in [-0.25, -0.2) is 0 Å². The molecule has 0 amide bonds. The Morgan fingerprint density at radius 3 is 2.65 bits per heavy atom. The van der Waals surface area contributed by atoms with Gasteiger partial charge in [-0.1, -0.05) is 13.8 Å². The van der Waals surface area contributed by atoms with Crippen LogP contribution >= 0.6 is 11.5 Å². The number of hydrogen-bond donors (Lipinski definition) is 1. The maximum Gasteiger partial charge on any atom is 0.197 e. The third kappa shape index (κ3) is 2.65. The summed E-state index contributed by atoms with van der Waals surface area (Å²) in [5, 5.41) is 1.10. The van der Waals surface area contributed by atoms with Gasteiger partial charge in [-0.2, -0.15) is 4.37 Å². The highest BCUT2D eigenvalue weighted by molar-refractivity contribution is 7.11. The van der Waals surface area contributed by atoms with Gasteiger partial charge >= 0.3 is 0 Å². The number of nitrogens with zero attached hydrogens (tertiary/aromatic N) is 2. The molecule has 1 fully saturated rings. The molecular formula is C12H21N3OS. The van der Waals surface area contributed by atoms with Crippen molar-refractivity contribution in [1.82, 2.24) is 4.37 Å². The van der Waals surface area contributed by atoms with Gasteiger partial charge in [-0.3, -0.25) is 0 Å². The molecule has 2 rings (SSSR count). The van der Waals surface area contributed by atoms with Crippen LogP contribution in [0.5, 0.6) is 5.75 Å². The van der Waals surface area contributed by atoms with Crippen molar-refractivity contribution < 1.29 is 4.74 Å². The molecule has 17 heavy (non-hydrogen) atoms. The fourth-order valence-corrected chi connectivity index (χ4v) is 3.37. The molecule has 1 aromatic heterocycles. The predicted molar refractivity (Wildman–Crippen MR) is 72.9 cm³/mol. The van der Waals surface area contributed by atoms with Crippen molar-refractivity contribution >= 4 is 22.4 Å². The molecule has 5 heteroatoms. The first-order valence-electron chi connectivity index (χ1n) is 6.24. The predicted octanol–water partition coefficient (Wildman–Crippen LogP) is 2.61. The standard InChI is InChI=1S/C12H21N3OS/c1-4-16-10-11(13)14-17-12(10)15-6-8(2)5-9(3)7-15/h8-9H,4-7H2,1-3H3,(H2,13,14). The van der Waals surface area contributed by atoms with Crippen molar-refractivity contribution in [2.45, 2.75) is 27.2 Å². The molecule has 96 valence electrons. The van der Waals surface area contributed by atoms with Crippen LogP contribution in [-0.2, 0) is 0 Å². The Morgan fingerprint density at radius 1 is 1.41 bits per heavy atom. The van der Waals surface area contributed by atoms with Gasteiger partial charge in [0, 0.05) is 13.1 Å². The smallest absolute Gasteiger partial charge is 0.197 e. The number of ether oxygens (including phenoxy) is 1. The summed E-state index contributed by atoms with van der Waals surface area (Å²) in [6.07, 6.45) is 1.30. The highest BCUT2D eigenvalue weighted by Crippen LogP contribution is 2.40. The zero-order valence-corrected chi connectivity index (χ0v) is 11.6. The van der Waals surface area contributed by atoms with Gasteiger partial charge in [0.1, 0.15) is 0 Å². The van der Waals surface area contributed by atoms with Gasteiger partial charge in [0.05, 0.1) is 6.61 Å². The van der Waals surface area contributed by atoms with Gasteiger partial charge in [0.2, 0.25) is 0 Å². The first-order valence-corrected chi connectivity index (χ1v) is 7.02. The van der Waals surface area contributed by atoms with E-state index in [2.05, 4.69) is 23.1 Å². The number of nitrogen functional groups attached to an aromatic ring is 1. The average Bonchev–Trinajstić information content (AvgIpc) is 2.60. The lowest BCUT2D eigenvalue weighted by Gasteiger charge is -2.35. The summed E-state index contributed by atoms with van der Waals surface area (Å²) < 4.78 is 9.83. The number of aromatic nitrogens is 1. The van der Waals surface area contributed by atoms with Crippen LogP contribution in [0.15, 0.2) is 0 Å². The van der Waals surface area contributed by atoms with Crippen LogP contribution in [0.4, 0.5) is 10.8 Å². The second kappa shape index (κ2) is 5.12. The molecule has 1 aromatic rings. The lowest BCUT2D eigenvalue weighted by Crippen LogP contribution is -2.38. The topological polar surface area (TPSA) is 51.4 Å². The third-order valence-corrected chi connectivity index (χ3v) is 4.01. The van der Waals surface area contributed by atoms with Crippen molar-refractivity contribution in [1.29, 1.82) is 0 Å². The van der Waals surface area contributed by atoms with Gasteiger partial charge < -0.3 is 15.4 Å². The average molecular weight is 255 g/mol. The Bertz CT molecular complexity index is 370. The van der Waals surface area contributed by atoms with E-state index in [1.807, 2.05) is 6.92 Å². The molecule has 0 saturated carbocycles. The minimum absolute atomic E-state index is 0.526. The normalized spacial score (nSPS) is 25.0. The number of nitrogens with two attached hydrogens (primary N) is 1. The number of rotatable bonds is 3. The summed E-state index contributed by atoms with van der Waals surface area (Å²) in [5.74, 6) is 2.74. The largest absolute Gasteiger partial charge is 0.487 e. The fourth-order valence-electron chi connectivity index (χ4n) is 2.60. The van der Waals surface area contributed by atoms with Crippen LogP contribution in [0.25, 0.3) is 0 Å². The van der Waals surface area contributed by atoms with E-state index in [1.165, 1.54) is 18.0 Å². The zero-order chi connectivity index (χ0) is 12.4. The molecule has 0 aromatic carbocycles. The SMILES string of the molecule is CCOc1c(N)nsc1N1CC(C)CC(C)C1. The van der Waals surface area contributed by atoms with Gasteiger partial charge in [-0.05, 0) is 36.7 Å². The lowest BCUT2D eigenvalue weighted by molar-refractivity contribution is 0.333. The van der Waals surface area contributed by atoms with E-state index >= 15 is 0 Å². The maximum absolute atomic E-state index is 5.85. The molecule has 1 aliphatic heterocycles. The van der Waals surface area contributed by atoms with E-state index in [0.717, 1.165) is 35.7 Å². The van der Waals surface area contributed by atoms with E-state index in [1.54, 1.807) is 0 Å². The molecule has 2 atom stereocenters. The monoisotopic (exact) mass is 255 g/mol. The van der Waals surface area contributed by atoms with Crippen LogP contribution in [0.2, 0.25) is 0 Å². The quantitative estimate of drug-likeness (QED) is 0.902. The molecule has 0 bridgehead atoms. The molecule has 1 saturated heterocycles. The number of hydrogen-bond acceptors (Lipinski definition) is 5. The molecule has 0 aliphatic carbocycles. The van der Waals surface area contributed by atoms with E-state index in [-0.39, 0.29) is 0 Å². The van der Waals surface area contributed by atoms with Crippen LogP contribution < -0.4 is 15.4 Å². The Morgan fingerprint density at radius 2 is 2.06 bits per heavy atom. The highest BCUT2D eigenvalue weighted by Gasteiger charge is 2.26. The van der Waals surface area contributed by atoms with E-state index < -0.39 is 0 Å². The molecule has 2 heterocycles. The van der Waals surface area contributed by atoms with Crippen molar-refractivity contribution in [3.8, 4) is 5.75 Å². The van der Waals surface area contributed by atoms with E-state index in [4.69, 9.17) is 10.5 Å². The third-order valence-electron chi connectivity index (χ3n) is 3.10. The van der Waals surface area contributed by atoms with E-state index in [0.29, 0.717) is 12.4 Å². The first kappa shape index (κ1) is 12.5. The van der Waals surface area contributed by atoms with Gasteiger partial charge in [0.15, 0.2) is 16.6 Å². The summed E-state index contributed by atoms with van der Waals surface area (Å²) in [6.45, 7) is 9.36. The summed E-state index contributed by atoms with van der Waals surface area (Å²) in [6, 6.07) is 0. The minimum atomic E-state index is 0.526. The Kier molecular flexibility index (Phi) is 3.76. The van der Waals surface area contributed by atoms with Crippen molar-refractivity contribution in [3.05, 3.63) is 0 Å². The summed E-state index contributed by atoms with van der Waals surface area (Å²) in [5.41, 5.74) is 5.85. The Balaban J connectivity index is 2.21. The first-order chi connectivity index (χ1) is 8.11. The van der Waals surface area contributed by atoms with Crippen LogP contribution in [0.3, 0.4) is 0 Å². The summed E-state index contributed by atoms with van der Waals surface area (Å²) in [7, 11) is 0. The van der Waals surface area contributed by atoms with Crippen molar-refractivity contribution in [2.24, 2.45) is 11.8 Å². The highest BCUT2D eigenvalue weighted by atomic mass is 32.1. The zero-order valence-electron chi connectivity index (χ0n) is 10.8. The lowest BCUT2D eigenvalue weighted by atomic mass is 9.92. The number of piperidine rings is 1.